The minimum absolute atomic E-state index is 0.0154. The van der Waals surface area contributed by atoms with Crippen molar-refractivity contribution in [3.63, 3.8) is 0 Å². The summed E-state index contributed by atoms with van der Waals surface area (Å²) in [5.74, 6) is 0.715. The van der Waals surface area contributed by atoms with Crippen LogP contribution in [0.15, 0.2) is 36.4 Å². The maximum absolute atomic E-state index is 10.7. The van der Waals surface area contributed by atoms with E-state index >= 15 is 0 Å². The number of carbonyl (C=O) groups is 1. The van der Waals surface area contributed by atoms with Gasteiger partial charge in [-0.3, -0.25) is 4.79 Å². The van der Waals surface area contributed by atoms with E-state index < -0.39 is 5.97 Å². The number of pyridine rings is 1. The fourth-order valence-electron chi connectivity index (χ4n) is 2.95. The number of benzene rings is 1. The van der Waals surface area contributed by atoms with Crippen molar-refractivity contribution in [3.8, 4) is 22.9 Å². The third-order valence-electron chi connectivity index (χ3n) is 4.24. The zero-order chi connectivity index (χ0) is 17.6. The Morgan fingerprint density at radius 3 is 3.04 bits per heavy atom. The Bertz CT molecular complexity index is 744. The van der Waals surface area contributed by atoms with Crippen LogP contribution in [-0.2, 0) is 11.2 Å². The van der Waals surface area contributed by atoms with E-state index in [2.05, 4.69) is 18.0 Å². The van der Waals surface area contributed by atoms with Gasteiger partial charge in [-0.15, -0.1) is 0 Å². The smallest absolute Gasteiger partial charge is 0.303 e. The van der Waals surface area contributed by atoms with Gasteiger partial charge in [-0.2, -0.15) is 0 Å². The van der Waals surface area contributed by atoms with Crippen LogP contribution in [0.1, 0.15) is 38.2 Å². The molecule has 0 fully saturated rings. The van der Waals surface area contributed by atoms with Crippen LogP contribution in [0.4, 0.5) is 0 Å². The molecule has 5 nitrogen and oxygen atoms in total. The molecule has 2 heterocycles. The van der Waals surface area contributed by atoms with Gasteiger partial charge in [0.15, 0.2) is 0 Å². The highest BCUT2D eigenvalue weighted by atomic mass is 16.5. The van der Waals surface area contributed by atoms with Gasteiger partial charge in [0.05, 0.1) is 18.4 Å². The second-order valence-corrected chi connectivity index (χ2v) is 6.24. The second kappa shape index (κ2) is 8.01. The van der Waals surface area contributed by atoms with Crippen LogP contribution in [0.5, 0.6) is 11.6 Å². The molecule has 0 radical (unpaired) electrons. The predicted octanol–water partition coefficient (Wildman–Crippen LogP) is 4.10. The molecular weight excluding hydrogens is 318 g/mol. The van der Waals surface area contributed by atoms with Crippen molar-refractivity contribution in [1.29, 1.82) is 0 Å². The first-order valence-electron chi connectivity index (χ1n) is 8.77. The topological polar surface area (TPSA) is 68.7 Å². The van der Waals surface area contributed by atoms with Gasteiger partial charge in [0, 0.05) is 18.1 Å². The van der Waals surface area contributed by atoms with E-state index in [9.17, 15) is 4.79 Å². The van der Waals surface area contributed by atoms with Crippen molar-refractivity contribution in [1.82, 2.24) is 4.98 Å². The maximum Gasteiger partial charge on any atom is 0.303 e. The van der Waals surface area contributed by atoms with Crippen molar-refractivity contribution < 1.29 is 19.4 Å². The molecule has 1 aromatic heterocycles. The van der Waals surface area contributed by atoms with Gasteiger partial charge in [0.25, 0.3) is 0 Å². The first-order chi connectivity index (χ1) is 12.2. The van der Waals surface area contributed by atoms with Crippen LogP contribution in [0.25, 0.3) is 11.3 Å². The van der Waals surface area contributed by atoms with Gasteiger partial charge in [-0.25, -0.2) is 4.98 Å². The van der Waals surface area contributed by atoms with E-state index in [1.807, 2.05) is 30.3 Å². The Morgan fingerprint density at radius 1 is 1.36 bits per heavy atom. The molecule has 132 valence electrons. The van der Waals surface area contributed by atoms with Gasteiger partial charge < -0.3 is 14.6 Å². The molecule has 0 bridgehead atoms. The molecule has 1 aliphatic rings. The lowest BCUT2D eigenvalue weighted by Crippen LogP contribution is -2.23. The maximum atomic E-state index is 10.7. The van der Waals surface area contributed by atoms with Crippen LogP contribution in [0.2, 0.25) is 0 Å². The number of carboxylic acid groups (broad SMARTS) is 1. The first kappa shape index (κ1) is 17.3. The minimum atomic E-state index is -0.777. The van der Waals surface area contributed by atoms with Gasteiger partial charge in [-0.05, 0) is 55.5 Å². The number of nitrogens with zero attached hydrogens (tertiary/aromatic N) is 1. The summed E-state index contributed by atoms with van der Waals surface area (Å²) in [6.07, 6.45) is 3.36. The van der Waals surface area contributed by atoms with Crippen LogP contribution < -0.4 is 9.47 Å². The Morgan fingerprint density at radius 2 is 2.24 bits per heavy atom. The fourth-order valence-corrected chi connectivity index (χ4v) is 2.95. The number of aromatic nitrogens is 1. The average Bonchev–Trinajstić information content (AvgIpc) is 2.64. The molecule has 0 aliphatic carbocycles. The number of aryl methyl sites for hydroxylation is 1. The standard InChI is InChI=1S/C20H23NO4/c1-2-12-24-19-5-3-4-17(21-19)14-7-10-18-15(13-14)6-8-16(25-18)9-11-20(22)23/h3-5,7,10,13,16H,2,6,8-9,11-12H2,1H3,(H,22,23). The summed E-state index contributed by atoms with van der Waals surface area (Å²) in [6, 6.07) is 11.8. The van der Waals surface area contributed by atoms with Gasteiger partial charge in [-0.1, -0.05) is 13.0 Å². The van der Waals surface area contributed by atoms with Crippen molar-refractivity contribution in [3.05, 3.63) is 42.0 Å². The Balaban J connectivity index is 1.73. The number of carboxylic acids is 1. The van der Waals surface area contributed by atoms with Crippen molar-refractivity contribution in [2.45, 2.75) is 45.1 Å². The fraction of sp³-hybridized carbons (Fsp3) is 0.400. The lowest BCUT2D eigenvalue weighted by Gasteiger charge is -2.26. The first-order valence-corrected chi connectivity index (χ1v) is 8.77. The summed E-state index contributed by atoms with van der Waals surface area (Å²) in [6.45, 7) is 2.73. The van der Waals surface area contributed by atoms with E-state index in [0.29, 0.717) is 18.9 Å². The molecule has 3 rings (SSSR count). The molecule has 1 aromatic carbocycles. The van der Waals surface area contributed by atoms with Crippen LogP contribution >= 0.6 is 0 Å². The highest BCUT2D eigenvalue weighted by Crippen LogP contribution is 2.33. The molecule has 2 aromatic rings. The summed E-state index contributed by atoms with van der Waals surface area (Å²) < 4.78 is 11.5. The van der Waals surface area contributed by atoms with Gasteiger partial charge >= 0.3 is 5.97 Å². The number of hydrogen-bond acceptors (Lipinski definition) is 4. The molecule has 1 atom stereocenters. The molecule has 0 amide bonds. The minimum Gasteiger partial charge on any atom is -0.490 e. The van der Waals surface area contributed by atoms with Crippen LogP contribution in [0.3, 0.4) is 0 Å². The summed E-state index contributed by atoms with van der Waals surface area (Å²) in [5.41, 5.74) is 3.06. The molecule has 0 saturated heterocycles. The zero-order valence-corrected chi connectivity index (χ0v) is 14.4. The summed E-state index contributed by atoms with van der Waals surface area (Å²) in [4.78, 5) is 15.3. The molecule has 25 heavy (non-hydrogen) atoms. The van der Waals surface area contributed by atoms with Crippen LogP contribution in [0, 0.1) is 0 Å². The number of aliphatic carboxylic acids is 1. The normalized spacial score (nSPS) is 16.0. The third kappa shape index (κ3) is 4.50. The Hall–Kier alpha value is -2.56. The number of fused-ring (bicyclic) bond motifs is 1. The monoisotopic (exact) mass is 341 g/mol. The Labute approximate surface area is 147 Å². The molecule has 0 saturated carbocycles. The molecule has 0 spiro atoms. The highest BCUT2D eigenvalue weighted by Gasteiger charge is 2.21. The van der Waals surface area contributed by atoms with E-state index in [1.54, 1.807) is 0 Å². The molecular formula is C20H23NO4. The lowest BCUT2D eigenvalue weighted by molar-refractivity contribution is -0.137. The molecule has 1 aliphatic heterocycles. The number of hydrogen-bond donors (Lipinski definition) is 1. The van der Waals surface area contributed by atoms with E-state index in [1.165, 1.54) is 0 Å². The van der Waals surface area contributed by atoms with E-state index in [4.69, 9.17) is 14.6 Å². The van der Waals surface area contributed by atoms with E-state index in [0.717, 1.165) is 41.8 Å². The van der Waals surface area contributed by atoms with Crippen LogP contribution in [-0.4, -0.2) is 28.8 Å². The van der Waals surface area contributed by atoms with E-state index in [-0.39, 0.29) is 12.5 Å². The van der Waals surface area contributed by atoms with Gasteiger partial charge in [0.1, 0.15) is 5.75 Å². The summed E-state index contributed by atoms with van der Waals surface area (Å²) in [7, 11) is 0. The SMILES string of the molecule is CCCOc1cccc(-c2ccc3c(c2)CCC(CCC(=O)O)O3)n1. The largest absolute Gasteiger partial charge is 0.490 e. The average molecular weight is 341 g/mol. The number of ether oxygens (including phenoxy) is 2. The molecule has 1 N–H and O–H groups in total. The summed E-state index contributed by atoms with van der Waals surface area (Å²) >= 11 is 0. The lowest BCUT2D eigenvalue weighted by atomic mass is 9.97. The zero-order valence-electron chi connectivity index (χ0n) is 14.4. The predicted molar refractivity (Wildman–Crippen MR) is 95.1 cm³/mol. The highest BCUT2D eigenvalue weighted by molar-refractivity contribution is 5.66. The second-order valence-electron chi connectivity index (χ2n) is 6.24. The van der Waals surface area contributed by atoms with Crippen molar-refractivity contribution in [2.24, 2.45) is 0 Å². The van der Waals surface area contributed by atoms with Gasteiger partial charge in [0.2, 0.25) is 5.88 Å². The summed E-state index contributed by atoms with van der Waals surface area (Å²) in [5, 5.41) is 8.81. The van der Waals surface area contributed by atoms with Crippen molar-refractivity contribution >= 4 is 5.97 Å². The third-order valence-corrected chi connectivity index (χ3v) is 4.24. The number of rotatable bonds is 7. The molecule has 5 heteroatoms. The van der Waals surface area contributed by atoms with Crippen molar-refractivity contribution in [2.75, 3.05) is 6.61 Å². The quantitative estimate of drug-likeness (QED) is 0.821. The Kier molecular flexibility index (Phi) is 5.53. The molecule has 1 unspecified atom stereocenters.